The van der Waals surface area contributed by atoms with E-state index in [-0.39, 0.29) is 17.5 Å². The summed E-state index contributed by atoms with van der Waals surface area (Å²) in [7, 11) is 0. The number of aromatic nitrogens is 2. The summed E-state index contributed by atoms with van der Waals surface area (Å²) in [6, 6.07) is 10.6. The fraction of sp³-hybridized carbons (Fsp3) is 0.200. The summed E-state index contributed by atoms with van der Waals surface area (Å²) in [5.74, 6) is -1.11. The van der Waals surface area contributed by atoms with Gasteiger partial charge in [0.15, 0.2) is 5.69 Å². The Hall–Kier alpha value is -3.02. The minimum absolute atomic E-state index is 0.296. The van der Waals surface area contributed by atoms with Gasteiger partial charge < -0.3 is 5.32 Å². The molecule has 0 bridgehead atoms. The number of anilines is 1. The van der Waals surface area contributed by atoms with Gasteiger partial charge in [-0.1, -0.05) is 12.1 Å². The summed E-state index contributed by atoms with van der Waals surface area (Å²) in [6.07, 6.45) is 2.38. The van der Waals surface area contributed by atoms with E-state index in [0.29, 0.717) is 22.6 Å². The smallest absolute Gasteiger partial charge is 0.276 e. The first-order valence-corrected chi connectivity index (χ1v) is 8.48. The maximum atomic E-state index is 14.2. The van der Waals surface area contributed by atoms with Gasteiger partial charge in [-0.2, -0.15) is 5.10 Å². The third-order valence-corrected chi connectivity index (χ3v) is 4.66. The van der Waals surface area contributed by atoms with E-state index in [1.54, 1.807) is 25.1 Å². The number of nitrogens with one attached hydrogen (secondary N) is 1. The number of nitrogens with zero attached hydrogens (tertiary/aromatic N) is 2. The predicted octanol–water partition coefficient (Wildman–Crippen LogP) is 4.20. The van der Waals surface area contributed by atoms with E-state index in [9.17, 15) is 13.6 Å². The fourth-order valence-corrected chi connectivity index (χ4v) is 3.39. The fourth-order valence-electron chi connectivity index (χ4n) is 3.39. The predicted molar refractivity (Wildman–Crippen MR) is 94.6 cm³/mol. The van der Waals surface area contributed by atoms with E-state index < -0.39 is 0 Å². The van der Waals surface area contributed by atoms with Gasteiger partial charge in [-0.3, -0.25) is 4.79 Å². The average Bonchev–Trinajstić information content (AvgIpc) is 3.20. The molecule has 6 heteroatoms. The molecule has 1 N–H and O–H groups in total. The van der Waals surface area contributed by atoms with Crippen LogP contribution in [0.2, 0.25) is 0 Å². The molecular formula is C20H17F2N3O. The first kappa shape index (κ1) is 16.4. The van der Waals surface area contributed by atoms with Crippen molar-refractivity contribution in [1.82, 2.24) is 9.78 Å². The highest BCUT2D eigenvalue weighted by molar-refractivity contribution is 6.04. The van der Waals surface area contributed by atoms with Gasteiger partial charge in [-0.05, 0) is 62.1 Å². The van der Waals surface area contributed by atoms with Gasteiger partial charge in [0.2, 0.25) is 0 Å². The number of fused-ring (bicyclic) bond motifs is 1. The number of amides is 1. The van der Waals surface area contributed by atoms with Gasteiger partial charge in [0.05, 0.1) is 0 Å². The van der Waals surface area contributed by atoms with Crippen LogP contribution in [0.15, 0.2) is 42.5 Å². The monoisotopic (exact) mass is 353 g/mol. The largest absolute Gasteiger partial charge is 0.320 e. The molecule has 0 spiro atoms. The lowest BCUT2D eigenvalue weighted by Crippen LogP contribution is -2.15. The molecule has 2 aromatic carbocycles. The number of carbonyl (C=O) groups is 1. The zero-order valence-corrected chi connectivity index (χ0v) is 14.2. The number of para-hydroxylation sites is 1. The molecular weight excluding hydrogens is 336 g/mol. The van der Waals surface area contributed by atoms with Gasteiger partial charge >= 0.3 is 0 Å². The number of benzene rings is 2. The Kier molecular flexibility index (Phi) is 4.03. The zero-order valence-electron chi connectivity index (χ0n) is 14.2. The molecule has 1 heterocycles. The van der Waals surface area contributed by atoms with Crippen molar-refractivity contribution in [3.8, 4) is 5.69 Å². The summed E-state index contributed by atoms with van der Waals surface area (Å²) in [6.45, 7) is 1.72. The minimum Gasteiger partial charge on any atom is -0.320 e. The Balaban J connectivity index is 1.72. The van der Waals surface area contributed by atoms with Crippen molar-refractivity contribution < 1.29 is 13.6 Å². The van der Waals surface area contributed by atoms with Crippen molar-refractivity contribution >= 4 is 11.6 Å². The van der Waals surface area contributed by atoms with E-state index in [1.165, 1.54) is 28.9 Å². The maximum absolute atomic E-state index is 14.2. The van der Waals surface area contributed by atoms with Crippen molar-refractivity contribution in [3.05, 3.63) is 76.6 Å². The van der Waals surface area contributed by atoms with Crippen molar-refractivity contribution in [1.29, 1.82) is 0 Å². The lowest BCUT2D eigenvalue weighted by atomic mass is 10.1. The van der Waals surface area contributed by atoms with E-state index in [4.69, 9.17) is 0 Å². The Morgan fingerprint density at radius 1 is 1.15 bits per heavy atom. The zero-order chi connectivity index (χ0) is 18.3. The summed E-state index contributed by atoms with van der Waals surface area (Å²) >= 11 is 0. The molecule has 26 heavy (non-hydrogen) atoms. The van der Waals surface area contributed by atoms with Gasteiger partial charge in [-0.15, -0.1) is 0 Å². The third-order valence-electron chi connectivity index (χ3n) is 4.66. The molecule has 1 aliphatic carbocycles. The van der Waals surface area contributed by atoms with Crippen LogP contribution < -0.4 is 5.32 Å². The van der Waals surface area contributed by atoms with Crippen LogP contribution >= 0.6 is 0 Å². The molecule has 132 valence electrons. The Bertz CT molecular complexity index is 1010. The summed E-state index contributed by atoms with van der Waals surface area (Å²) in [4.78, 5) is 12.8. The summed E-state index contributed by atoms with van der Waals surface area (Å²) in [5.41, 5.74) is 3.51. The van der Waals surface area contributed by atoms with Gasteiger partial charge in [0, 0.05) is 16.9 Å². The molecule has 0 aliphatic heterocycles. The van der Waals surface area contributed by atoms with Crippen LogP contribution in [0.1, 0.15) is 33.7 Å². The first-order chi connectivity index (χ1) is 12.5. The Morgan fingerprint density at radius 2 is 1.96 bits per heavy atom. The number of aryl methyl sites for hydroxylation is 1. The third kappa shape index (κ3) is 2.77. The highest BCUT2D eigenvalue weighted by atomic mass is 19.1. The Morgan fingerprint density at radius 3 is 2.73 bits per heavy atom. The molecule has 0 radical (unpaired) electrons. The molecule has 0 unspecified atom stereocenters. The van der Waals surface area contributed by atoms with Crippen LogP contribution in [0.3, 0.4) is 0 Å². The van der Waals surface area contributed by atoms with Crippen LogP contribution in [0.4, 0.5) is 14.5 Å². The number of rotatable bonds is 3. The lowest BCUT2D eigenvalue weighted by Gasteiger charge is -2.08. The molecule has 4 nitrogen and oxygen atoms in total. The molecule has 0 atom stereocenters. The van der Waals surface area contributed by atoms with Crippen LogP contribution in [0, 0.1) is 18.6 Å². The highest BCUT2D eigenvalue weighted by Gasteiger charge is 2.28. The number of halogens is 2. The minimum atomic E-state index is -0.383. The van der Waals surface area contributed by atoms with Crippen LogP contribution in [-0.2, 0) is 12.8 Å². The topological polar surface area (TPSA) is 46.9 Å². The Labute approximate surface area is 149 Å². The summed E-state index contributed by atoms with van der Waals surface area (Å²) < 4.78 is 29.0. The van der Waals surface area contributed by atoms with Gasteiger partial charge in [-0.25, -0.2) is 13.5 Å². The molecule has 3 aromatic rings. The molecule has 1 aliphatic rings. The standard InChI is InChI=1S/C20H17F2N3O/c1-12-11-13(21)9-10-16(12)23-20(26)19-14-5-4-8-17(14)25(24-19)18-7-3-2-6-15(18)22/h2-3,6-7,9-11H,4-5,8H2,1H3,(H,23,26). The quantitative estimate of drug-likeness (QED) is 0.767. The van der Waals surface area contributed by atoms with E-state index in [0.717, 1.165) is 30.5 Å². The van der Waals surface area contributed by atoms with Crippen molar-refractivity contribution in [3.63, 3.8) is 0 Å². The second kappa shape index (κ2) is 6.37. The normalized spacial score (nSPS) is 12.9. The maximum Gasteiger partial charge on any atom is 0.276 e. The highest BCUT2D eigenvalue weighted by Crippen LogP contribution is 2.29. The van der Waals surface area contributed by atoms with Gasteiger partial charge in [0.25, 0.3) is 5.91 Å². The second-order valence-electron chi connectivity index (χ2n) is 6.40. The van der Waals surface area contributed by atoms with Crippen molar-refractivity contribution in [2.24, 2.45) is 0 Å². The molecule has 0 saturated heterocycles. The number of hydrogen-bond acceptors (Lipinski definition) is 2. The average molecular weight is 353 g/mol. The van der Waals surface area contributed by atoms with Crippen LogP contribution in [0.25, 0.3) is 5.69 Å². The first-order valence-electron chi connectivity index (χ1n) is 8.48. The van der Waals surface area contributed by atoms with Crippen molar-refractivity contribution in [2.75, 3.05) is 5.32 Å². The van der Waals surface area contributed by atoms with Gasteiger partial charge in [0.1, 0.15) is 17.3 Å². The number of carbonyl (C=O) groups excluding carboxylic acids is 1. The summed E-state index contributed by atoms with van der Waals surface area (Å²) in [5, 5.41) is 7.18. The number of hydrogen-bond donors (Lipinski definition) is 1. The molecule has 1 aromatic heterocycles. The molecule has 0 saturated carbocycles. The van der Waals surface area contributed by atoms with Crippen LogP contribution in [-0.4, -0.2) is 15.7 Å². The lowest BCUT2D eigenvalue weighted by molar-refractivity contribution is 0.102. The SMILES string of the molecule is Cc1cc(F)ccc1NC(=O)c1nn(-c2ccccc2F)c2c1CCC2. The van der Waals surface area contributed by atoms with E-state index >= 15 is 0 Å². The van der Waals surface area contributed by atoms with E-state index in [1.807, 2.05) is 0 Å². The molecule has 0 fully saturated rings. The second-order valence-corrected chi connectivity index (χ2v) is 6.40. The van der Waals surface area contributed by atoms with E-state index in [2.05, 4.69) is 10.4 Å². The molecule has 1 amide bonds. The van der Waals surface area contributed by atoms with Crippen LogP contribution in [0.5, 0.6) is 0 Å². The molecule has 4 rings (SSSR count). The van der Waals surface area contributed by atoms with Crippen molar-refractivity contribution in [2.45, 2.75) is 26.2 Å².